The molecule has 0 aromatic carbocycles. The summed E-state index contributed by atoms with van der Waals surface area (Å²) < 4.78 is 42.7. The molecule has 0 spiro atoms. The Morgan fingerprint density at radius 1 is 1.26 bits per heavy atom. The highest BCUT2D eigenvalue weighted by molar-refractivity contribution is 5.38. The van der Waals surface area contributed by atoms with Crippen LogP contribution in [0.2, 0.25) is 0 Å². The van der Waals surface area contributed by atoms with Gasteiger partial charge in [-0.3, -0.25) is 0 Å². The molecule has 1 aromatic rings. The lowest BCUT2D eigenvalue weighted by molar-refractivity contribution is -0.137. The van der Waals surface area contributed by atoms with Crippen LogP contribution in [-0.4, -0.2) is 24.7 Å². The summed E-state index contributed by atoms with van der Waals surface area (Å²) in [6, 6.07) is 1.97. The van der Waals surface area contributed by atoms with E-state index in [4.69, 9.17) is 4.74 Å². The molecular weight excluding hydrogens is 257 g/mol. The summed E-state index contributed by atoms with van der Waals surface area (Å²) in [6.45, 7) is 3.97. The van der Waals surface area contributed by atoms with Gasteiger partial charge in [0.05, 0.1) is 5.56 Å². The zero-order valence-electron chi connectivity index (χ0n) is 11.0. The molecule has 6 heteroatoms. The molecular formula is C13H19F3N2O. The summed E-state index contributed by atoms with van der Waals surface area (Å²) >= 11 is 0. The highest BCUT2D eigenvalue weighted by Gasteiger charge is 2.30. The Balaban J connectivity index is 2.26. The molecule has 0 unspecified atom stereocenters. The molecule has 0 aliphatic heterocycles. The summed E-state index contributed by atoms with van der Waals surface area (Å²) in [5.74, 6) is 0.239. The zero-order valence-corrected chi connectivity index (χ0v) is 11.0. The second-order valence-electron chi connectivity index (χ2n) is 4.17. The molecule has 0 saturated carbocycles. The fourth-order valence-corrected chi connectivity index (χ4v) is 1.44. The molecule has 0 fully saturated rings. The normalized spacial score (nSPS) is 11.6. The van der Waals surface area contributed by atoms with Crippen molar-refractivity contribution in [3.05, 3.63) is 23.9 Å². The maximum Gasteiger partial charge on any atom is 0.416 e. The molecule has 0 bridgehead atoms. The second-order valence-corrected chi connectivity index (χ2v) is 4.17. The van der Waals surface area contributed by atoms with Crippen molar-refractivity contribution < 1.29 is 17.9 Å². The molecule has 0 amide bonds. The first-order valence-corrected chi connectivity index (χ1v) is 6.39. The van der Waals surface area contributed by atoms with Gasteiger partial charge in [-0.25, -0.2) is 4.98 Å². The number of nitrogens with zero attached hydrogens (tertiary/aromatic N) is 1. The highest BCUT2D eigenvalue weighted by atomic mass is 19.4. The number of hydrogen-bond donors (Lipinski definition) is 1. The number of ether oxygens (including phenoxy) is 1. The minimum atomic E-state index is -4.33. The van der Waals surface area contributed by atoms with Gasteiger partial charge in [0.1, 0.15) is 5.82 Å². The van der Waals surface area contributed by atoms with Gasteiger partial charge in [-0.05, 0) is 25.0 Å². The average molecular weight is 276 g/mol. The molecule has 1 rings (SSSR count). The third-order valence-electron chi connectivity index (χ3n) is 2.50. The SMILES string of the molecule is CCCCOCCCNc1cc(C(F)(F)F)ccn1. The van der Waals surface area contributed by atoms with E-state index >= 15 is 0 Å². The van der Waals surface area contributed by atoms with Crippen LogP contribution in [0.1, 0.15) is 31.7 Å². The third-order valence-corrected chi connectivity index (χ3v) is 2.50. The standard InChI is InChI=1S/C13H19F3N2O/c1-2-3-8-19-9-4-6-17-12-10-11(5-7-18-12)13(14,15)16/h5,7,10H,2-4,6,8-9H2,1H3,(H,17,18). The lowest BCUT2D eigenvalue weighted by Gasteiger charge is -2.09. The molecule has 1 N–H and O–H groups in total. The minimum absolute atomic E-state index is 0.239. The third kappa shape index (κ3) is 6.42. The van der Waals surface area contributed by atoms with E-state index in [0.717, 1.165) is 44.2 Å². The van der Waals surface area contributed by atoms with Crippen LogP contribution in [0.15, 0.2) is 18.3 Å². The van der Waals surface area contributed by atoms with Gasteiger partial charge in [-0.1, -0.05) is 13.3 Å². The number of halogens is 3. The van der Waals surface area contributed by atoms with Crippen LogP contribution in [0.25, 0.3) is 0 Å². The van der Waals surface area contributed by atoms with Crippen LogP contribution < -0.4 is 5.32 Å². The molecule has 0 aliphatic rings. The summed E-state index contributed by atoms with van der Waals surface area (Å²) in [5.41, 5.74) is -0.691. The largest absolute Gasteiger partial charge is 0.416 e. The van der Waals surface area contributed by atoms with Crippen LogP contribution in [0.3, 0.4) is 0 Å². The number of rotatable bonds is 8. The van der Waals surface area contributed by atoms with Crippen LogP contribution in [0.5, 0.6) is 0 Å². The molecule has 0 aliphatic carbocycles. The summed E-state index contributed by atoms with van der Waals surface area (Å²) in [5, 5.41) is 2.86. The summed E-state index contributed by atoms with van der Waals surface area (Å²) in [7, 11) is 0. The van der Waals surface area contributed by atoms with Crippen molar-refractivity contribution in [2.24, 2.45) is 0 Å². The maximum atomic E-state index is 12.5. The minimum Gasteiger partial charge on any atom is -0.381 e. The van der Waals surface area contributed by atoms with Crippen molar-refractivity contribution >= 4 is 5.82 Å². The van der Waals surface area contributed by atoms with E-state index in [1.54, 1.807) is 0 Å². The van der Waals surface area contributed by atoms with Gasteiger partial charge in [0.25, 0.3) is 0 Å². The number of anilines is 1. The molecule has 0 radical (unpaired) electrons. The maximum absolute atomic E-state index is 12.5. The Kier molecular flexibility index (Phi) is 6.62. The quantitative estimate of drug-likeness (QED) is 0.735. The van der Waals surface area contributed by atoms with E-state index in [9.17, 15) is 13.2 Å². The van der Waals surface area contributed by atoms with E-state index in [1.807, 2.05) is 0 Å². The molecule has 1 heterocycles. The van der Waals surface area contributed by atoms with Gasteiger partial charge < -0.3 is 10.1 Å². The Hall–Kier alpha value is -1.30. The molecule has 0 atom stereocenters. The van der Waals surface area contributed by atoms with E-state index < -0.39 is 11.7 Å². The van der Waals surface area contributed by atoms with Gasteiger partial charge in [0.2, 0.25) is 0 Å². The van der Waals surface area contributed by atoms with E-state index in [0.29, 0.717) is 13.2 Å². The number of pyridine rings is 1. The number of aromatic nitrogens is 1. The van der Waals surface area contributed by atoms with Crippen molar-refractivity contribution in [1.29, 1.82) is 0 Å². The smallest absolute Gasteiger partial charge is 0.381 e. The zero-order chi connectivity index (χ0) is 14.1. The molecule has 0 saturated heterocycles. The number of nitrogens with one attached hydrogen (secondary N) is 1. The van der Waals surface area contributed by atoms with Crippen molar-refractivity contribution in [2.45, 2.75) is 32.4 Å². The van der Waals surface area contributed by atoms with Crippen LogP contribution in [0.4, 0.5) is 19.0 Å². The second kappa shape index (κ2) is 7.99. The first kappa shape index (κ1) is 15.8. The Morgan fingerprint density at radius 2 is 2.00 bits per heavy atom. The van der Waals surface area contributed by atoms with Gasteiger partial charge in [0, 0.05) is 26.0 Å². The van der Waals surface area contributed by atoms with Crippen molar-refractivity contribution in [1.82, 2.24) is 4.98 Å². The first-order chi connectivity index (χ1) is 9.04. The Morgan fingerprint density at radius 3 is 2.68 bits per heavy atom. The van der Waals surface area contributed by atoms with Crippen molar-refractivity contribution in [2.75, 3.05) is 25.1 Å². The van der Waals surface area contributed by atoms with Crippen LogP contribution >= 0.6 is 0 Å². The fourth-order valence-electron chi connectivity index (χ4n) is 1.44. The van der Waals surface area contributed by atoms with E-state index in [1.165, 1.54) is 0 Å². The van der Waals surface area contributed by atoms with Gasteiger partial charge in [0.15, 0.2) is 0 Å². The lowest BCUT2D eigenvalue weighted by Crippen LogP contribution is -2.10. The summed E-state index contributed by atoms with van der Waals surface area (Å²) in [6.07, 6.45) is -0.317. The van der Waals surface area contributed by atoms with E-state index in [-0.39, 0.29) is 5.82 Å². The predicted molar refractivity (Wildman–Crippen MR) is 68.1 cm³/mol. The van der Waals surface area contributed by atoms with Gasteiger partial charge in [-0.2, -0.15) is 13.2 Å². The monoisotopic (exact) mass is 276 g/mol. The molecule has 3 nitrogen and oxygen atoms in total. The number of alkyl halides is 3. The molecule has 19 heavy (non-hydrogen) atoms. The molecule has 1 aromatic heterocycles. The van der Waals surface area contributed by atoms with Gasteiger partial charge >= 0.3 is 6.18 Å². The first-order valence-electron chi connectivity index (χ1n) is 6.39. The van der Waals surface area contributed by atoms with E-state index in [2.05, 4.69) is 17.2 Å². The fraction of sp³-hybridized carbons (Fsp3) is 0.615. The average Bonchev–Trinajstić information content (AvgIpc) is 2.37. The van der Waals surface area contributed by atoms with Crippen molar-refractivity contribution in [3.8, 4) is 0 Å². The van der Waals surface area contributed by atoms with Crippen LogP contribution in [0, 0.1) is 0 Å². The van der Waals surface area contributed by atoms with Crippen molar-refractivity contribution in [3.63, 3.8) is 0 Å². The number of hydrogen-bond acceptors (Lipinski definition) is 3. The predicted octanol–water partition coefficient (Wildman–Crippen LogP) is 3.72. The Bertz CT molecular complexity index is 369. The number of unbranched alkanes of at least 4 members (excludes halogenated alkanes) is 1. The van der Waals surface area contributed by atoms with Crippen LogP contribution in [-0.2, 0) is 10.9 Å². The topological polar surface area (TPSA) is 34.1 Å². The molecule has 108 valence electrons. The highest BCUT2D eigenvalue weighted by Crippen LogP contribution is 2.29. The lowest BCUT2D eigenvalue weighted by atomic mass is 10.2. The van der Waals surface area contributed by atoms with Gasteiger partial charge in [-0.15, -0.1) is 0 Å². The Labute approximate surface area is 111 Å². The summed E-state index contributed by atoms with van der Waals surface area (Å²) in [4.78, 5) is 3.85.